The fourth-order valence-electron chi connectivity index (χ4n) is 3.78. The molecule has 1 aliphatic rings. The van der Waals surface area contributed by atoms with Crippen LogP contribution in [0.1, 0.15) is 23.3 Å². The monoisotopic (exact) mass is 490 g/mol. The average Bonchev–Trinajstić information content (AvgIpc) is 3.44. The van der Waals surface area contributed by atoms with Crippen molar-refractivity contribution in [1.82, 2.24) is 4.72 Å². The van der Waals surface area contributed by atoms with Crippen LogP contribution in [0.25, 0.3) is 0 Å². The van der Waals surface area contributed by atoms with Gasteiger partial charge in [0.25, 0.3) is 0 Å². The van der Waals surface area contributed by atoms with E-state index < -0.39 is 25.1 Å². The van der Waals surface area contributed by atoms with Crippen LogP contribution in [-0.4, -0.2) is 35.8 Å². The summed E-state index contributed by atoms with van der Waals surface area (Å²) in [6.07, 6.45) is 0.567. The van der Waals surface area contributed by atoms with Crippen molar-refractivity contribution in [3.8, 4) is 0 Å². The van der Waals surface area contributed by atoms with E-state index in [0.717, 1.165) is 16.9 Å². The van der Waals surface area contributed by atoms with E-state index >= 15 is 0 Å². The molecule has 0 bridgehead atoms. The third-order valence-electron chi connectivity index (χ3n) is 5.42. The van der Waals surface area contributed by atoms with Gasteiger partial charge in [0.15, 0.2) is 9.84 Å². The molecule has 1 aromatic heterocycles. The SMILES string of the molecule is CC(=O)N1CCc2cc(S(=O)(=O)NCC(c3ccccc3)S(=O)(=O)c3cccs3)ccc21. The van der Waals surface area contributed by atoms with Gasteiger partial charge in [0.1, 0.15) is 9.46 Å². The minimum absolute atomic E-state index is 0.0435. The molecule has 1 atom stereocenters. The zero-order chi connectivity index (χ0) is 22.9. The molecule has 3 aromatic rings. The van der Waals surface area contributed by atoms with Crippen LogP contribution in [0.2, 0.25) is 0 Å². The van der Waals surface area contributed by atoms with Crippen molar-refractivity contribution in [1.29, 1.82) is 0 Å². The quantitative estimate of drug-likeness (QED) is 0.548. The Hall–Kier alpha value is -2.53. The number of hydrogen-bond acceptors (Lipinski definition) is 6. The first kappa shape index (κ1) is 22.7. The fourth-order valence-corrected chi connectivity index (χ4v) is 7.85. The number of amides is 1. The molecule has 0 fully saturated rings. The minimum Gasteiger partial charge on any atom is -0.312 e. The molecule has 0 aliphatic carbocycles. The summed E-state index contributed by atoms with van der Waals surface area (Å²) in [5.74, 6) is -0.0954. The van der Waals surface area contributed by atoms with Crippen molar-refractivity contribution in [2.75, 3.05) is 18.0 Å². The Morgan fingerprint density at radius 1 is 1.06 bits per heavy atom. The highest BCUT2D eigenvalue weighted by molar-refractivity contribution is 7.93. The zero-order valence-electron chi connectivity index (χ0n) is 17.3. The van der Waals surface area contributed by atoms with Gasteiger partial charge in [-0.2, -0.15) is 0 Å². The number of carbonyl (C=O) groups excluding carboxylic acids is 1. The second-order valence-electron chi connectivity index (χ2n) is 7.44. The van der Waals surface area contributed by atoms with Gasteiger partial charge in [-0.15, -0.1) is 11.3 Å². The summed E-state index contributed by atoms with van der Waals surface area (Å²) in [4.78, 5) is 13.4. The summed E-state index contributed by atoms with van der Waals surface area (Å²) in [7, 11) is -7.76. The van der Waals surface area contributed by atoms with Crippen molar-refractivity contribution in [3.05, 3.63) is 77.2 Å². The Balaban J connectivity index is 1.62. The predicted molar refractivity (Wildman–Crippen MR) is 124 cm³/mol. The highest BCUT2D eigenvalue weighted by Crippen LogP contribution is 2.33. The summed E-state index contributed by atoms with van der Waals surface area (Å²) in [5.41, 5.74) is 1.99. The van der Waals surface area contributed by atoms with E-state index in [1.807, 2.05) is 0 Å². The maximum Gasteiger partial charge on any atom is 0.240 e. The molecular formula is C22H22N2O5S3. The molecular weight excluding hydrogens is 468 g/mol. The maximum absolute atomic E-state index is 13.2. The summed E-state index contributed by atoms with van der Waals surface area (Å²) in [6.45, 7) is 1.68. The highest BCUT2D eigenvalue weighted by atomic mass is 32.2. The maximum atomic E-state index is 13.2. The molecule has 0 radical (unpaired) electrons. The number of sulfonamides is 1. The van der Waals surface area contributed by atoms with Crippen molar-refractivity contribution in [3.63, 3.8) is 0 Å². The molecule has 2 aromatic carbocycles. The van der Waals surface area contributed by atoms with Gasteiger partial charge in [-0.25, -0.2) is 21.6 Å². The normalized spacial score (nSPS) is 14.8. The Morgan fingerprint density at radius 2 is 1.81 bits per heavy atom. The van der Waals surface area contributed by atoms with Crippen LogP contribution in [-0.2, 0) is 31.1 Å². The van der Waals surface area contributed by atoms with Gasteiger partial charge in [0.2, 0.25) is 15.9 Å². The first-order chi connectivity index (χ1) is 15.2. The van der Waals surface area contributed by atoms with Gasteiger partial charge in [-0.1, -0.05) is 36.4 Å². The predicted octanol–water partition coefficient (Wildman–Crippen LogP) is 3.15. The number of rotatable bonds is 7. The van der Waals surface area contributed by atoms with Gasteiger partial charge in [-0.05, 0) is 47.2 Å². The number of sulfone groups is 1. The van der Waals surface area contributed by atoms with E-state index in [1.165, 1.54) is 19.1 Å². The molecule has 32 heavy (non-hydrogen) atoms. The van der Waals surface area contributed by atoms with Crippen LogP contribution in [0.3, 0.4) is 0 Å². The van der Waals surface area contributed by atoms with E-state index in [1.54, 1.807) is 58.8 Å². The molecule has 2 heterocycles. The second-order valence-corrected chi connectivity index (χ2v) is 12.5. The van der Waals surface area contributed by atoms with Gasteiger partial charge in [0.05, 0.1) is 4.90 Å². The lowest BCUT2D eigenvalue weighted by Crippen LogP contribution is -2.32. The average molecular weight is 491 g/mol. The molecule has 1 N–H and O–H groups in total. The molecule has 0 saturated carbocycles. The number of nitrogens with one attached hydrogen (secondary N) is 1. The Labute approximate surface area is 191 Å². The van der Waals surface area contributed by atoms with Crippen LogP contribution >= 0.6 is 11.3 Å². The topological polar surface area (TPSA) is 101 Å². The van der Waals surface area contributed by atoms with Gasteiger partial charge < -0.3 is 4.90 Å². The fraction of sp³-hybridized carbons (Fsp3) is 0.227. The largest absolute Gasteiger partial charge is 0.312 e. The smallest absolute Gasteiger partial charge is 0.240 e. The molecule has 0 spiro atoms. The molecule has 0 saturated heterocycles. The van der Waals surface area contributed by atoms with Crippen LogP contribution in [0, 0.1) is 0 Å². The van der Waals surface area contributed by atoms with Crippen molar-refractivity contribution in [2.24, 2.45) is 0 Å². The van der Waals surface area contributed by atoms with Crippen LogP contribution in [0.5, 0.6) is 0 Å². The number of nitrogens with zero attached hydrogens (tertiary/aromatic N) is 1. The first-order valence-electron chi connectivity index (χ1n) is 9.93. The molecule has 168 valence electrons. The number of fused-ring (bicyclic) bond motifs is 1. The Bertz CT molecular complexity index is 1340. The van der Waals surface area contributed by atoms with Gasteiger partial charge >= 0.3 is 0 Å². The number of hydrogen-bond donors (Lipinski definition) is 1. The van der Waals surface area contributed by atoms with Gasteiger partial charge in [-0.3, -0.25) is 4.79 Å². The van der Waals surface area contributed by atoms with E-state index in [2.05, 4.69) is 4.72 Å². The summed E-state index contributed by atoms with van der Waals surface area (Å²) in [6, 6.07) is 16.4. The molecule has 7 nitrogen and oxygen atoms in total. The van der Waals surface area contributed by atoms with E-state index in [0.29, 0.717) is 24.2 Å². The molecule has 10 heteroatoms. The van der Waals surface area contributed by atoms with E-state index in [4.69, 9.17) is 0 Å². The lowest BCUT2D eigenvalue weighted by Gasteiger charge is -2.19. The molecule has 1 amide bonds. The number of benzene rings is 2. The number of thiophene rings is 1. The van der Waals surface area contributed by atoms with Crippen molar-refractivity contribution < 1.29 is 21.6 Å². The van der Waals surface area contributed by atoms with Crippen LogP contribution < -0.4 is 9.62 Å². The standard InChI is InChI=1S/C22H22N2O5S3/c1-16(25)24-12-11-18-14-19(9-10-20(18)24)32(28,29)23-15-21(17-6-3-2-4-7-17)31(26,27)22-8-5-13-30-22/h2-10,13-14,21,23H,11-12,15H2,1H3. The van der Waals surface area contributed by atoms with E-state index in [9.17, 15) is 21.6 Å². The Kier molecular flexibility index (Phi) is 6.22. The molecule has 4 rings (SSSR count). The summed E-state index contributed by atoms with van der Waals surface area (Å²) >= 11 is 1.10. The number of carbonyl (C=O) groups is 1. The van der Waals surface area contributed by atoms with Crippen LogP contribution in [0.15, 0.2) is 75.1 Å². The summed E-state index contributed by atoms with van der Waals surface area (Å²) in [5, 5.41) is 0.605. The number of anilines is 1. The molecule has 1 aliphatic heterocycles. The minimum atomic E-state index is -3.97. The third-order valence-corrected chi connectivity index (χ3v) is 10.4. The van der Waals surface area contributed by atoms with E-state index in [-0.39, 0.29) is 21.6 Å². The molecule has 1 unspecified atom stereocenters. The second kappa shape index (κ2) is 8.78. The lowest BCUT2D eigenvalue weighted by atomic mass is 10.1. The first-order valence-corrected chi connectivity index (χ1v) is 13.8. The van der Waals surface area contributed by atoms with Crippen LogP contribution in [0.4, 0.5) is 5.69 Å². The third kappa shape index (κ3) is 4.36. The lowest BCUT2D eigenvalue weighted by molar-refractivity contribution is -0.116. The Morgan fingerprint density at radius 3 is 2.47 bits per heavy atom. The van der Waals surface area contributed by atoms with Gasteiger partial charge in [0, 0.05) is 25.7 Å². The zero-order valence-corrected chi connectivity index (χ0v) is 19.7. The van der Waals surface area contributed by atoms with Crippen molar-refractivity contribution in [2.45, 2.75) is 27.7 Å². The highest BCUT2D eigenvalue weighted by Gasteiger charge is 2.32. The van der Waals surface area contributed by atoms with Crippen molar-refractivity contribution >= 4 is 42.8 Å². The summed E-state index contributed by atoms with van der Waals surface area (Å²) < 4.78 is 55.2.